The minimum atomic E-state index is -0.311. The summed E-state index contributed by atoms with van der Waals surface area (Å²) < 4.78 is 6.74. The smallest absolute Gasteiger partial charge is 0.265 e. The largest absolute Gasteiger partial charge is 0.494 e. The van der Waals surface area contributed by atoms with Crippen LogP contribution in [0.15, 0.2) is 58.3 Å². The molecule has 4 aromatic rings. The first-order valence-electron chi connectivity index (χ1n) is 9.58. The molecule has 0 amide bonds. The molecular weight excluding hydrogens is 400 g/mol. The lowest BCUT2D eigenvalue weighted by Gasteiger charge is -2.14. The summed E-state index contributed by atoms with van der Waals surface area (Å²) in [6, 6.07) is 14.1. The van der Waals surface area contributed by atoms with Crippen molar-refractivity contribution in [1.29, 1.82) is 0 Å². The number of hydrogen-bond donors (Lipinski definition) is 1. The van der Waals surface area contributed by atoms with Crippen LogP contribution in [0, 0.1) is 0 Å². The van der Waals surface area contributed by atoms with Crippen molar-refractivity contribution in [3.63, 3.8) is 0 Å². The van der Waals surface area contributed by atoms with Crippen molar-refractivity contribution in [3.05, 3.63) is 69.5 Å². The number of hydrogen-bond acceptors (Lipinski definition) is 7. The summed E-state index contributed by atoms with van der Waals surface area (Å²) in [4.78, 5) is 17.5. The minimum absolute atomic E-state index is 0.188. The van der Waals surface area contributed by atoms with E-state index in [4.69, 9.17) is 4.74 Å². The Hall–Kier alpha value is -3.52. The lowest BCUT2D eigenvalue weighted by Crippen LogP contribution is -2.20. The Balaban J connectivity index is 1.88. The number of aryl methyl sites for hydroxylation is 1. The monoisotopic (exact) mass is 420 g/mol. The molecule has 4 rings (SSSR count). The fourth-order valence-corrected chi connectivity index (χ4v) is 3.77. The Kier molecular flexibility index (Phi) is 5.58. The highest BCUT2D eigenvalue weighted by atomic mass is 32.1. The summed E-state index contributed by atoms with van der Waals surface area (Å²) in [5, 5.41) is 21.6. The number of nitrogens with zero attached hydrogens (tertiary/aromatic N) is 4. The van der Waals surface area contributed by atoms with Gasteiger partial charge in [0.15, 0.2) is 0 Å². The standard InChI is InChI=1S/C22H20N4O3S/c1-3-19-24-25-22(30-19)23-13-18-16-7-5-6-8-17(16)20(27)26(21(18)28)14-9-11-15(12-10-14)29-4-2/h5-13,28H,3-4H2,1-2H3/b23-13+. The van der Waals surface area contributed by atoms with E-state index in [1.54, 1.807) is 42.5 Å². The van der Waals surface area contributed by atoms with Crippen molar-refractivity contribution < 1.29 is 9.84 Å². The zero-order valence-corrected chi connectivity index (χ0v) is 17.4. The summed E-state index contributed by atoms with van der Waals surface area (Å²) >= 11 is 1.39. The van der Waals surface area contributed by atoms with Crippen LogP contribution in [0.1, 0.15) is 24.4 Å². The van der Waals surface area contributed by atoms with Crippen molar-refractivity contribution in [2.75, 3.05) is 6.61 Å². The van der Waals surface area contributed by atoms with E-state index in [9.17, 15) is 9.90 Å². The Morgan fingerprint density at radius 1 is 1.10 bits per heavy atom. The van der Waals surface area contributed by atoms with Crippen LogP contribution >= 0.6 is 11.3 Å². The molecule has 0 unspecified atom stereocenters. The third-order valence-electron chi connectivity index (χ3n) is 4.57. The van der Waals surface area contributed by atoms with Gasteiger partial charge in [0, 0.05) is 17.0 Å². The maximum absolute atomic E-state index is 13.1. The van der Waals surface area contributed by atoms with Crippen molar-refractivity contribution in [3.8, 4) is 17.3 Å². The lowest BCUT2D eigenvalue weighted by atomic mass is 10.1. The first kappa shape index (κ1) is 19.8. The molecule has 0 aliphatic carbocycles. The van der Waals surface area contributed by atoms with Gasteiger partial charge in [-0.3, -0.25) is 4.79 Å². The van der Waals surface area contributed by atoms with E-state index in [1.165, 1.54) is 22.1 Å². The number of aromatic nitrogens is 3. The molecule has 7 nitrogen and oxygen atoms in total. The molecule has 1 N–H and O–H groups in total. The van der Waals surface area contributed by atoms with Gasteiger partial charge < -0.3 is 9.84 Å². The topological polar surface area (TPSA) is 89.6 Å². The molecule has 0 fully saturated rings. The molecule has 0 atom stereocenters. The number of aliphatic imine (C=N–C) groups is 1. The van der Waals surface area contributed by atoms with E-state index in [0.29, 0.717) is 39.5 Å². The fourth-order valence-electron chi connectivity index (χ4n) is 3.15. The predicted molar refractivity (Wildman–Crippen MR) is 119 cm³/mol. The van der Waals surface area contributed by atoms with Gasteiger partial charge in [0.05, 0.1) is 17.9 Å². The second-order valence-corrected chi connectivity index (χ2v) is 7.48. The van der Waals surface area contributed by atoms with Gasteiger partial charge in [-0.1, -0.05) is 36.5 Å². The number of pyridine rings is 1. The second-order valence-electron chi connectivity index (χ2n) is 6.44. The Labute approximate surface area is 176 Å². The highest BCUT2D eigenvalue weighted by Gasteiger charge is 2.16. The summed E-state index contributed by atoms with van der Waals surface area (Å²) in [5.74, 6) is 0.506. The summed E-state index contributed by atoms with van der Waals surface area (Å²) in [5.41, 5.74) is 0.659. The molecule has 0 bridgehead atoms. The van der Waals surface area contributed by atoms with E-state index < -0.39 is 0 Å². The van der Waals surface area contributed by atoms with Crippen molar-refractivity contribution in [1.82, 2.24) is 14.8 Å². The third-order valence-corrected chi connectivity index (χ3v) is 5.55. The maximum Gasteiger partial charge on any atom is 0.265 e. The molecule has 0 aliphatic rings. The van der Waals surface area contributed by atoms with Crippen molar-refractivity contribution >= 4 is 33.5 Å². The van der Waals surface area contributed by atoms with Gasteiger partial charge >= 0.3 is 0 Å². The number of fused-ring (bicyclic) bond motifs is 1. The zero-order chi connectivity index (χ0) is 21.1. The van der Waals surface area contributed by atoms with Crippen LogP contribution in [-0.4, -0.2) is 32.7 Å². The van der Waals surface area contributed by atoms with Gasteiger partial charge in [0.25, 0.3) is 5.56 Å². The molecule has 0 radical (unpaired) electrons. The first-order chi connectivity index (χ1) is 14.6. The van der Waals surface area contributed by atoms with Crippen LogP contribution in [0.4, 0.5) is 5.13 Å². The summed E-state index contributed by atoms with van der Waals surface area (Å²) in [7, 11) is 0. The van der Waals surface area contributed by atoms with Crippen LogP contribution in [-0.2, 0) is 6.42 Å². The number of ether oxygens (including phenoxy) is 1. The van der Waals surface area contributed by atoms with Crippen LogP contribution in [0.2, 0.25) is 0 Å². The third kappa shape index (κ3) is 3.69. The van der Waals surface area contributed by atoms with Crippen LogP contribution in [0.25, 0.3) is 16.5 Å². The summed E-state index contributed by atoms with van der Waals surface area (Å²) in [6.45, 7) is 4.45. The van der Waals surface area contributed by atoms with Crippen LogP contribution in [0.3, 0.4) is 0 Å². The predicted octanol–water partition coefficient (Wildman–Crippen LogP) is 4.26. The zero-order valence-electron chi connectivity index (χ0n) is 16.6. The molecule has 0 saturated carbocycles. The van der Waals surface area contributed by atoms with Crippen LogP contribution in [0.5, 0.6) is 11.6 Å². The van der Waals surface area contributed by atoms with Gasteiger partial charge in [-0.05, 0) is 43.7 Å². The van der Waals surface area contributed by atoms with Gasteiger partial charge in [0.1, 0.15) is 10.8 Å². The Bertz CT molecular complexity index is 1280. The average Bonchev–Trinajstić information content (AvgIpc) is 3.23. The molecule has 8 heteroatoms. The first-order valence-corrected chi connectivity index (χ1v) is 10.4. The molecule has 2 heterocycles. The average molecular weight is 420 g/mol. The van der Waals surface area contributed by atoms with Gasteiger partial charge in [-0.15, -0.1) is 10.2 Å². The molecule has 30 heavy (non-hydrogen) atoms. The molecule has 2 aromatic heterocycles. The normalized spacial score (nSPS) is 11.4. The highest BCUT2D eigenvalue weighted by molar-refractivity contribution is 7.14. The maximum atomic E-state index is 13.1. The molecule has 2 aromatic carbocycles. The number of rotatable bonds is 6. The number of benzene rings is 2. The molecule has 0 spiro atoms. The Morgan fingerprint density at radius 3 is 2.50 bits per heavy atom. The van der Waals surface area contributed by atoms with Crippen LogP contribution < -0.4 is 10.3 Å². The quantitative estimate of drug-likeness (QED) is 0.471. The van der Waals surface area contributed by atoms with Gasteiger partial charge in [-0.25, -0.2) is 9.56 Å². The highest BCUT2D eigenvalue weighted by Crippen LogP contribution is 2.28. The van der Waals surface area contributed by atoms with E-state index in [1.807, 2.05) is 19.9 Å². The van der Waals surface area contributed by atoms with Crippen molar-refractivity contribution in [2.24, 2.45) is 4.99 Å². The van der Waals surface area contributed by atoms with Crippen molar-refractivity contribution in [2.45, 2.75) is 20.3 Å². The van der Waals surface area contributed by atoms with E-state index in [-0.39, 0.29) is 11.4 Å². The molecule has 0 aliphatic heterocycles. The second kappa shape index (κ2) is 8.46. The van der Waals surface area contributed by atoms with Gasteiger partial charge in [-0.2, -0.15) is 0 Å². The summed E-state index contributed by atoms with van der Waals surface area (Å²) in [6.07, 6.45) is 2.31. The molecular formula is C22H20N4O3S. The number of aromatic hydroxyl groups is 1. The van der Waals surface area contributed by atoms with Gasteiger partial charge in [0.2, 0.25) is 11.0 Å². The fraction of sp³-hybridized carbons (Fsp3) is 0.182. The van der Waals surface area contributed by atoms with E-state index in [0.717, 1.165) is 11.4 Å². The Morgan fingerprint density at radius 2 is 1.83 bits per heavy atom. The van der Waals surface area contributed by atoms with E-state index >= 15 is 0 Å². The molecule has 0 saturated heterocycles. The SMILES string of the molecule is CCOc1ccc(-n2c(O)c(/C=N/c3nnc(CC)s3)c3ccccc3c2=O)cc1. The molecule has 152 valence electrons. The minimum Gasteiger partial charge on any atom is -0.494 e. The lowest BCUT2D eigenvalue weighted by molar-refractivity contribution is 0.340. The van der Waals surface area contributed by atoms with E-state index in [2.05, 4.69) is 15.2 Å².